The second-order valence-corrected chi connectivity index (χ2v) is 11.8. The Balaban J connectivity index is 1.66. The van der Waals surface area contributed by atoms with Crippen LogP contribution in [0.2, 0.25) is 5.02 Å². The topological polar surface area (TPSA) is 151 Å². The highest BCUT2D eigenvalue weighted by Crippen LogP contribution is 2.39. The Morgan fingerprint density at radius 3 is 2.52 bits per heavy atom. The second kappa shape index (κ2) is 12.7. The number of aromatic nitrogens is 2. The maximum absolute atomic E-state index is 13.2. The molecule has 3 aromatic rings. The first-order valence-electron chi connectivity index (χ1n) is 13.2. The van der Waals surface area contributed by atoms with Gasteiger partial charge in [-0.2, -0.15) is 4.99 Å². The van der Waals surface area contributed by atoms with Crippen molar-refractivity contribution in [2.45, 2.75) is 45.6 Å². The molecule has 1 saturated heterocycles. The van der Waals surface area contributed by atoms with E-state index in [0.717, 1.165) is 27.0 Å². The highest BCUT2D eigenvalue weighted by Gasteiger charge is 2.36. The summed E-state index contributed by atoms with van der Waals surface area (Å²) >= 11 is 7.22. The number of rotatable bonds is 8. The summed E-state index contributed by atoms with van der Waals surface area (Å²) in [7, 11) is 2.75. The standard InChI is InChI=1S/C27H29ClF3N5O7S/c1-12(2)21(32)24(39)41-11-36-17(14-6-7-18(16(28)8-14)43-27(29,30)31)10-44-25(36)33-19(37)9-15-13(3)42-23-20(15)22(38)34(4)26(40)35(23)5/h6-8,12,17,21H,9-11,32H2,1-5H3/t17?,21-/m0/s1. The van der Waals surface area contributed by atoms with Gasteiger partial charge in [-0.05, 0) is 30.5 Å². The van der Waals surface area contributed by atoms with Crippen molar-refractivity contribution in [1.82, 2.24) is 14.0 Å². The van der Waals surface area contributed by atoms with E-state index in [0.29, 0.717) is 5.56 Å². The molecule has 1 aliphatic rings. The summed E-state index contributed by atoms with van der Waals surface area (Å²) in [5.41, 5.74) is 5.41. The van der Waals surface area contributed by atoms with Gasteiger partial charge in [-0.25, -0.2) is 4.79 Å². The van der Waals surface area contributed by atoms with Crippen molar-refractivity contribution in [3.63, 3.8) is 0 Å². The number of carbonyl (C=O) groups excluding carboxylic acids is 2. The Morgan fingerprint density at radius 1 is 1.23 bits per heavy atom. The van der Waals surface area contributed by atoms with Gasteiger partial charge < -0.3 is 24.5 Å². The fraction of sp³-hybridized carbons (Fsp3) is 0.444. The van der Waals surface area contributed by atoms with Crippen molar-refractivity contribution in [1.29, 1.82) is 0 Å². The van der Waals surface area contributed by atoms with Crippen LogP contribution in [-0.2, 0) is 34.8 Å². The number of nitrogens with zero attached hydrogens (tertiary/aromatic N) is 4. The fourth-order valence-corrected chi connectivity index (χ4v) is 5.93. The summed E-state index contributed by atoms with van der Waals surface area (Å²) in [5.74, 6) is -1.65. The molecule has 1 aromatic carbocycles. The van der Waals surface area contributed by atoms with Gasteiger partial charge in [0.15, 0.2) is 11.9 Å². The summed E-state index contributed by atoms with van der Waals surface area (Å²) < 4.78 is 55.3. The number of nitrogens with two attached hydrogens (primary N) is 1. The molecular weight excluding hydrogens is 631 g/mol. The van der Waals surface area contributed by atoms with Gasteiger partial charge in [0, 0.05) is 25.4 Å². The molecule has 3 heterocycles. The van der Waals surface area contributed by atoms with Gasteiger partial charge in [-0.15, -0.1) is 13.2 Å². The Bertz CT molecular complexity index is 1770. The first-order valence-corrected chi connectivity index (χ1v) is 14.5. The van der Waals surface area contributed by atoms with Crippen molar-refractivity contribution in [3.05, 3.63) is 60.9 Å². The molecule has 0 bridgehead atoms. The first kappa shape index (κ1) is 33.1. The summed E-state index contributed by atoms with van der Waals surface area (Å²) in [5, 5.41) is -0.0753. The molecule has 44 heavy (non-hydrogen) atoms. The smallest absolute Gasteiger partial charge is 0.444 e. The molecule has 4 rings (SSSR count). The van der Waals surface area contributed by atoms with Crippen molar-refractivity contribution < 1.29 is 36.7 Å². The number of furan rings is 1. The number of alkyl halides is 3. The largest absolute Gasteiger partial charge is 0.573 e. The number of esters is 1. The number of thioether (sulfide) groups is 1. The van der Waals surface area contributed by atoms with E-state index >= 15 is 0 Å². The molecule has 2 atom stereocenters. The third kappa shape index (κ3) is 6.81. The molecule has 0 radical (unpaired) electrons. The summed E-state index contributed by atoms with van der Waals surface area (Å²) in [6.07, 6.45) is -5.29. The van der Waals surface area contributed by atoms with E-state index in [1.54, 1.807) is 20.8 Å². The van der Waals surface area contributed by atoms with E-state index in [9.17, 15) is 32.3 Å². The first-order chi connectivity index (χ1) is 20.5. The van der Waals surface area contributed by atoms with Crippen molar-refractivity contribution >= 4 is 51.5 Å². The second-order valence-electron chi connectivity index (χ2n) is 10.4. The van der Waals surface area contributed by atoms with E-state index in [-0.39, 0.29) is 57.4 Å². The molecular formula is C27H29ClF3N5O7S. The molecule has 0 spiro atoms. The summed E-state index contributed by atoms with van der Waals surface area (Å²) in [6, 6.07) is 2.18. The molecule has 0 saturated carbocycles. The number of carbonyl (C=O) groups is 2. The van der Waals surface area contributed by atoms with Crippen LogP contribution in [0.4, 0.5) is 13.2 Å². The zero-order valence-electron chi connectivity index (χ0n) is 24.2. The van der Waals surface area contributed by atoms with Crippen LogP contribution in [0.25, 0.3) is 11.1 Å². The lowest BCUT2D eigenvalue weighted by Gasteiger charge is -2.27. The Morgan fingerprint density at radius 2 is 1.91 bits per heavy atom. The van der Waals surface area contributed by atoms with Gasteiger partial charge in [-0.1, -0.05) is 43.3 Å². The predicted octanol–water partition coefficient (Wildman–Crippen LogP) is 3.39. The number of benzene rings is 1. The van der Waals surface area contributed by atoms with Gasteiger partial charge in [0.1, 0.15) is 22.9 Å². The van der Waals surface area contributed by atoms with Crippen LogP contribution in [-0.4, -0.2) is 56.0 Å². The van der Waals surface area contributed by atoms with Gasteiger partial charge in [-0.3, -0.25) is 23.5 Å². The minimum atomic E-state index is -4.94. The zero-order chi connectivity index (χ0) is 32.7. The monoisotopic (exact) mass is 659 g/mol. The Hall–Kier alpha value is -3.76. The molecule has 2 N–H and O–H groups in total. The number of halogens is 4. The lowest BCUT2D eigenvalue weighted by Crippen LogP contribution is -2.40. The van der Waals surface area contributed by atoms with Crippen molar-refractivity contribution in [2.24, 2.45) is 30.7 Å². The molecule has 1 fully saturated rings. The predicted molar refractivity (Wildman–Crippen MR) is 157 cm³/mol. The third-order valence-electron chi connectivity index (χ3n) is 7.03. The average Bonchev–Trinajstić information content (AvgIpc) is 3.49. The Labute approximate surface area is 257 Å². The lowest BCUT2D eigenvalue weighted by atomic mass is 10.1. The number of aliphatic imine (C=N–C) groups is 1. The SMILES string of the molecule is Cc1oc2c(c1CC(=O)N=C1SCC(c3ccc(OC(F)(F)F)c(Cl)c3)N1COC(=O)[C@@H](N)C(C)C)c(=O)n(C)c(=O)n2C. The quantitative estimate of drug-likeness (QED) is 0.356. The van der Waals surface area contributed by atoms with Gasteiger partial charge in [0.2, 0.25) is 5.71 Å². The van der Waals surface area contributed by atoms with Crippen LogP contribution in [0.5, 0.6) is 5.75 Å². The number of hydrogen-bond donors (Lipinski definition) is 1. The van der Waals surface area contributed by atoms with E-state index in [1.807, 2.05) is 0 Å². The average molecular weight is 660 g/mol. The number of ether oxygens (including phenoxy) is 2. The van der Waals surface area contributed by atoms with Gasteiger partial charge in [0.25, 0.3) is 11.5 Å². The van der Waals surface area contributed by atoms with Crippen molar-refractivity contribution in [2.75, 3.05) is 12.5 Å². The van der Waals surface area contributed by atoms with Crippen LogP contribution in [0.3, 0.4) is 0 Å². The molecule has 1 unspecified atom stereocenters. The molecule has 238 valence electrons. The van der Waals surface area contributed by atoms with Gasteiger partial charge in [0.05, 0.1) is 17.5 Å². The lowest BCUT2D eigenvalue weighted by molar-refractivity contribution is -0.274. The van der Waals surface area contributed by atoms with Gasteiger partial charge >= 0.3 is 18.0 Å². The number of fused-ring (bicyclic) bond motifs is 1. The van der Waals surface area contributed by atoms with Crippen LogP contribution in [0.1, 0.15) is 36.8 Å². The number of aryl methyl sites for hydroxylation is 2. The van der Waals surface area contributed by atoms with E-state index < -0.39 is 47.3 Å². The number of hydrogen-bond acceptors (Lipinski definition) is 9. The highest BCUT2D eigenvalue weighted by atomic mass is 35.5. The maximum atomic E-state index is 13.2. The van der Waals surface area contributed by atoms with E-state index in [1.165, 1.54) is 31.1 Å². The molecule has 17 heteroatoms. The summed E-state index contributed by atoms with van der Waals surface area (Å²) in [6.45, 7) is 4.66. The third-order valence-corrected chi connectivity index (χ3v) is 8.39. The summed E-state index contributed by atoms with van der Waals surface area (Å²) in [4.78, 5) is 56.7. The van der Waals surface area contributed by atoms with Crippen LogP contribution < -0.4 is 21.7 Å². The maximum Gasteiger partial charge on any atom is 0.573 e. The number of amides is 1. The highest BCUT2D eigenvalue weighted by molar-refractivity contribution is 8.14. The fourth-order valence-electron chi connectivity index (χ4n) is 4.51. The molecule has 12 nitrogen and oxygen atoms in total. The molecule has 2 aromatic heterocycles. The zero-order valence-corrected chi connectivity index (χ0v) is 25.8. The van der Waals surface area contributed by atoms with E-state index in [4.69, 9.17) is 26.5 Å². The molecule has 0 aliphatic carbocycles. The normalized spacial score (nSPS) is 17.1. The minimum Gasteiger partial charge on any atom is -0.444 e. The van der Waals surface area contributed by atoms with E-state index in [2.05, 4.69) is 9.73 Å². The van der Waals surface area contributed by atoms with Crippen LogP contribution in [0.15, 0.2) is 37.2 Å². The Kier molecular flexibility index (Phi) is 9.56. The van der Waals surface area contributed by atoms with Crippen LogP contribution in [0, 0.1) is 12.8 Å². The molecule has 1 aliphatic heterocycles. The van der Waals surface area contributed by atoms with Crippen molar-refractivity contribution in [3.8, 4) is 5.75 Å². The number of amidine groups is 1. The minimum absolute atomic E-state index is 0.0196. The molecule has 1 amide bonds. The van der Waals surface area contributed by atoms with Crippen LogP contribution >= 0.6 is 23.4 Å².